The summed E-state index contributed by atoms with van der Waals surface area (Å²) in [6.45, 7) is 4.94. The number of fused-ring (bicyclic) bond motifs is 5. The molecule has 3 fully saturated rings. The lowest BCUT2D eigenvalue weighted by molar-refractivity contribution is -0.150. The van der Waals surface area contributed by atoms with Crippen molar-refractivity contribution in [3.8, 4) is 0 Å². The van der Waals surface area contributed by atoms with E-state index in [0.29, 0.717) is 28.4 Å². The van der Waals surface area contributed by atoms with Gasteiger partial charge in [0.15, 0.2) is 0 Å². The molecule has 4 aliphatic rings. The molecule has 6 atom stereocenters. The monoisotopic (exact) mass is 398 g/mol. The second-order valence-electron chi connectivity index (χ2n) is 8.60. The molecule has 0 amide bonds. The Hall–Kier alpha value is 0.140. The highest BCUT2D eigenvalue weighted by molar-refractivity contribution is 14.1. The van der Waals surface area contributed by atoms with Gasteiger partial charge in [0.2, 0.25) is 0 Å². The SMILES string of the molecule is C[C@]12CCCCC1C(=O)C[C@@H]1C2CC[C@]2(C)C(I)=CCC12. The van der Waals surface area contributed by atoms with Gasteiger partial charge in [-0.2, -0.15) is 0 Å². The third-order valence-corrected chi connectivity index (χ3v) is 9.52. The highest BCUT2D eigenvalue weighted by atomic mass is 127. The minimum absolute atomic E-state index is 0.327. The number of Topliss-reactive ketones (excluding diaryl/α,β-unsaturated/α-hetero) is 1. The van der Waals surface area contributed by atoms with Gasteiger partial charge in [-0.15, -0.1) is 0 Å². The molecule has 0 aromatic carbocycles. The van der Waals surface area contributed by atoms with Crippen molar-refractivity contribution in [1.82, 2.24) is 0 Å². The van der Waals surface area contributed by atoms with E-state index in [1.54, 1.807) is 3.58 Å². The summed E-state index contributed by atoms with van der Waals surface area (Å²) in [4.78, 5) is 12.8. The summed E-state index contributed by atoms with van der Waals surface area (Å²) in [6, 6.07) is 0. The summed E-state index contributed by atoms with van der Waals surface area (Å²) in [5, 5.41) is 0. The Morgan fingerprint density at radius 1 is 1.14 bits per heavy atom. The maximum Gasteiger partial charge on any atom is 0.136 e. The van der Waals surface area contributed by atoms with Crippen LogP contribution in [0.5, 0.6) is 0 Å². The van der Waals surface area contributed by atoms with Gasteiger partial charge in [-0.05, 0) is 81.4 Å². The van der Waals surface area contributed by atoms with Crippen LogP contribution in [-0.4, -0.2) is 5.78 Å². The zero-order valence-corrected chi connectivity index (χ0v) is 15.5. The minimum atomic E-state index is 0.327. The summed E-state index contributed by atoms with van der Waals surface area (Å²) in [6.07, 6.45) is 12.4. The lowest BCUT2D eigenvalue weighted by atomic mass is 9.45. The van der Waals surface area contributed by atoms with E-state index in [9.17, 15) is 4.79 Å². The van der Waals surface area contributed by atoms with Gasteiger partial charge in [-0.1, -0.05) is 32.8 Å². The number of hydrogen-bond acceptors (Lipinski definition) is 1. The van der Waals surface area contributed by atoms with Crippen LogP contribution in [0, 0.1) is 34.5 Å². The van der Waals surface area contributed by atoms with Crippen LogP contribution in [0.25, 0.3) is 0 Å². The van der Waals surface area contributed by atoms with E-state index < -0.39 is 0 Å². The number of carbonyl (C=O) groups is 1. The number of halogens is 1. The number of rotatable bonds is 0. The quantitative estimate of drug-likeness (QED) is 0.491. The normalized spacial score (nSPS) is 52.7. The Balaban J connectivity index is 1.70. The summed E-state index contributed by atoms with van der Waals surface area (Å²) in [7, 11) is 0. The first-order valence-electron chi connectivity index (χ1n) is 8.86. The highest BCUT2D eigenvalue weighted by Gasteiger charge is 2.59. The smallest absolute Gasteiger partial charge is 0.136 e. The van der Waals surface area contributed by atoms with E-state index in [1.165, 1.54) is 44.9 Å². The van der Waals surface area contributed by atoms with E-state index >= 15 is 0 Å². The fourth-order valence-corrected chi connectivity index (χ4v) is 7.54. The molecule has 0 bridgehead atoms. The molecular weight excluding hydrogens is 371 g/mol. The highest BCUT2D eigenvalue weighted by Crippen LogP contribution is 2.66. The summed E-state index contributed by atoms with van der Waals surface area (Å²) in [5.74, 6) is 3.23. The molecule has 3 saturated carbocycles. The maximum atomic E-state index is 12.8. The van der Waals surface area contributed by atoms with E-state index in [2.05, 4.69) is 42.5 Å². The van der Waals surface area contributed by atoms with E-state index in [-0.39, 0.29) is 0 Å². The van der Waals surface area contributed by atoms with Crippen LogP contribution in [-0.2, 0) is 4.79 Å². The van der Waals surface area contributed by atoms with Gasteiger partial charge >= 0.3 is 0 Å². The molecule has 116 valence electrons. The Labute approximate surface area is 142 Å². The van der Waals surface area contributed by atoms with E-state index in [0.717, 1.165) is 18.3 Å². The van der Waals surface area contributed by atoms with E-state index in [4.69, 9.17) is 0 Å². The van der Waals surface area contributed by atoms with E-state index in [1.807, 2.05) is 0 Å². The average Bonchev–Trinajstić information content (AvgIpc) is 2.75. The van der Waals surface area contributed by atoms with Crippen molar-refractivity contribution in [3.63, 3.8) is 0 Å². The number of allylic oxidation sites excluding steroid dienone is 2. The van der Waals surface area contributed by atoms with Gasteiger partial charge in [0.25, 0.3) is 0 Å². The molecule has 0 heterocycles. The molecule has 3 unspecified atom stereocenters. The third-order valence-electron chi connectivity index (χ3n) is 7.85. The van der Waals surface area contributed by atoms with Crippen molar-refractivity contribution in [3.05, 3.63) is 9.66 Å². The first kappa shape index (κ1) is 14.7. The molecular formula is C19H27IO. The Morgan fingerprint density at radius 2 is 1.95 bits per heavy atom. The third kappa shape index (κ3) is 1.89. The Morgan fingerprint density at radius 3 is 2.76 bits per heavy atom. The minimum Gasteiger partial charge on any atom is -0.299 e. The maximum absolute atomic E-state index is 12.8. The Bertz CT molecular complexity index is 510. The number of ketones is 1. The van der Waals surface area contributed by atoms with Crippen molar-refractivity contribution >= 4 is 28.4 Å². The van der Waals surface area contributed by atoms with Crippen molar-refractivity contribution < 1.29 is 4.79 Å². The molecule has 0 N–H and O–H groups in total. The molecule has 4 rings (SSSR count). The fourth-order valence-electron chi connectivity index (χ4n) is 6.61. The zero-order valence-electron chi connectivity index (χ0n) is 13.3. The van der Waals surface area contributed by atoms with Crippen LogP contribution < -0.4 is 0 Å². The second kappa shape index (κ2) is 4.82. The van der Waals surface area contributed by atoms with Gasteiger partial charge < -0.3 is 0 Å². The molecule has 0 aromatic heterocycles. The van der Waals surface area contributed by atoms with Gasteiger partial charge in [0.05, 0.1) is 0 Å². The van der Waals surface area contributed by atoms with Crippen LogP contribution >= 0.6 is 22.6 Å². The first-order chi connectivity index (χ1) is 9.97. The fraction of sp³-hybridized carbons (Fsp3) is 0.842. The second-order valence-corrected chi connectivity index (χ2v) is 9.76. The molecule has 0 radical (unpaired) electrons. The summed E-state index contributed by atoms with van der Waals surface area (Å²) >= 11 is 2.57. The summed E-state index contributed by atoms with van der Waals surface area (Å²) < 4.78 is 1.58. The lowest BCUT2D eigenvalue weighted by Gasteiger charge is -2.59. The molecule has 0 saturated heterocycles. The molecule has 0 aliphatic heterocycles. The largest absolute Gasteiger partial charge is 0.299 e. The Kier molecular flexibility index (Phi) is 3.37. The van der Waals surface area contributed by atoms with Gasteiger partial charge in [0.1, 0.15) is 5.78 Å². The lowest BCUT2D eigenvalue weighted by Crippen LogP contribution is -2.55. The van der Waals surface area contributed by atoms with Crippen LogP contribution in [0.15, 0.2) is 9.66 Å². The standard InChI is InChI=1S/C19H27IO/c1-18-9-4-3-5-15(18)16(21)11-12-13-6-7-17(20)19(13,2)10-8-14(12)18/h7,12-15H,3-6,8-11H2,1-2H3/t12-,13?,14?,15?,18+,19-/m0/s1. The van der Waals surface area contributed by atoms with Crippen LogP contribution in [0.2, 0.25) is 0 Å². The predicted molar refractivity (Wildman–Crippen MR) is 94.2 cm³/mol. The van der Waals surface area contributed by atoms with Crippen molar-refractivity contribution in [2.75, 3.05) is 0 Å². The molecule has 0 aromatic rings. The first-order valence-corrected chi connectivity index (χ1v) is 9.93. The zero-order chi connectivity index (χ0) is 14.8. The van der Waals surface area contributed by atoms with Crippen LogP contribution in [0.4, 0.5) is 0 Å². The van der Waals surface area contributed by atoms with Crippen LogP contribution in [0.3, 0.4) is 0 Å². The summed E-state index contributed by atoms with van der Waals surface area (Å²) in [5.41, 5.74) is 0.716. The molecule has 1 nitrogen and oxygen atoms in total. The van der Waals surface area contributed by atoms with Crippen LogP contribution in [0.1, 0.15) is 65.2 Å². The number of carbonyl (C=O) groups excluding carboxylic acids is 1. The number of hydrogen-bond donors (Lipinski definition) is 0. The molecule has 2 heteroatoms. The molecule has 4 aliphatic carbocycles. The van der Waals surface area contributed by atoms with Crippen molar-refractivity contribution in [1.29, 1.82) is 0 Å². The predicted octanol–water partition coefficient (Wildman–Crippen LogP) is 5.53. The topological polar surface area (TPSA) is 17.1 Å². The van der Waals surface area contributed by atoms with Gasteiger partial charge in [-0.3, -0.25) is 4.79 Å². The van der Waals surface area contributed by atoms with Crippen molar-refractivity contribution in [2.24, 2.45) is 34.5 Å². The van der Waals surface area contributed by atoms with Gasteiger partial charge in [0, 0.05) is 17.8 Å². The van der Waals surface area contributed by atoms with Gasteiger partial charge in [-0.25, -0.2) is 0 Å². The average molecular weight is 398 g/mol. The van der Waals surface area contributed by atoms with Crippen molar-refractivity contribution in [2.45, 2.75) is 65.2 Å². The molecule has 0 spiro atoms. The molecule has 21 heavy (non-hydrogen) atoms.